The van der Waals surface area contributed by atoms with Crippen LogP contribution in [0.1, 0.15) is 0 Å². The van der Waals surface area contributed by atoms with Crippen LogP contribution in [0.15, 0.2) is 0 Å². The molecule has 1 rings (SSSR count). The monoisotopic (exact) mass is 139 g/mol. The van der Waals surface area contributed by atoms with E-state index >= 15 is 0 Å². The van der Waals surface area contributed by atoms with Gasteiger partial charge in [0.05, 0.1) is 16.1 Å². The molecule has 0 aliphatic heterocycles. The van der Waals surface area contributed by atoms with Gasteiger partial charge in [-0.1, -0.05) is 7.55 Å². The van der Waals surface area contributed by atoms with Crippen LogP contribution < -0.4 is 0 Å². The summed E-state index contributed by atoms with van der Waals surface area (Å²) >= 11 is 0. The van der Waals surface area contributed by atoms with E-state index in [-0.39, 0.29) is 0 Å². The Kier molecular flexibility index (Phi) is 1.85. The van der Waals surface area contributed by atoms with Gasteiger partial charge in [0.2, 0.25) is 0 Å². The molecule has 0 bridgehead atoms. The Balaban J connectivity index is 3.13. The molecule has 0 fully saturated rings. The molecule has 1 heterocycles. The Bertz CT molecular complexity index is 60.1. The molecule has 0 spiro atoms. The summed E-state index contributed by atoms with van der Waals surface area (Å²) in [5.41, 5.74) is 0. The SMILES string of the molecule is n1pp[pH]p1. The molecule has 0 saturated heterocycles. The van der Waals surface area contributed by atoms with Gasteiger partial charge < -0.3 is 0 Å². The number of hydrogen-bond donors (Lipinski definition) is 0. The van der Waals surface area contributed by atoms with E-state index in [2.05, 4.69) is 4.51 Å². The molecule has 26 valence electrons. The van der Waals surface area contributed by atoms with Crippen LogP contribution in [-0.4, -0.2) is 4.51 Å². The molecule has 0 aromatic carbocycles. The molecule has 0 N–H and O–H groups in total. The van der Waals surface area contributed by atoms with E-state index in [1.54, 1.807) is 0 Å². The maximum atomic E-state index is 4.03. The van der Waals surface area contributed by atoms with Crippen molar-refractivity contribution in [2.24, 2.45) is 0 Å². The van der Waals surface area contributed by atoms with E-state index in [1.165, 1.54) is 23.6 Å². The molecule has 1 aromatic rings. The first kappa shape index (κ1) is 4.17. The summed E-state index contributed by atoms with van der Waals surface area (Å²) in [4.78, 5) is 0. The van der Waals surface area contributed by atoms with Crippen molar-refractivity contribution >= 4 is 31.2 Å². The maximum Gasteiger partial charge on any atom is 0.0797 e. The maximum absolute atomic E-state index is 4.03. The molecule has 0 aliphatic rings. The predicted molar refractivity (Wildman–Crippen MR) is 31.3 cm³/mol. The van der Waals surface area contributed by atoms with E-state index in [0.717, 1.165) is 7.55 Å². The van der Waals surface area contributed by atoms with Gasteiger partial charge in [-0.05, 0) is 0 Å². The van der Waals surface area contributed by atoms with E-state index < -0.39 is 0 Å². The second-order valence-corrected chi connectivity index (χ2v) is 7.91. The number of nitrogens with zero attached hydrogens (tertiary/aromatic N) is 1. The van der Waals surface area contributed by atoms with Gasteiger partial charge >= 0.3 is 0 Å². The third kappa shape index (κ3) is 1.25. The summed E-state index contributed by atoms with van der Waals surface area (Å²) in [6, 6.07) is 0. The number of hydrogen-bond acceptors (Lipinski definition) is 1. The zero-order valence-corrected chi connectivity index (χ0v) is 5.97. The fraction of sp³-hybridized carbons (Fsp3) is 0. The van der Waals surface area contributed by atoms with Crippen LogP contribution in [0.4, 0.5) is 0 Å². The normalized spacial score (nSPS) is 14.4. The van der Waals surface area contributed by atoms with Gasteiger partial charge in [0.1, 0.15) is 0 Å². The van der Waals surface area contributed by atoms with Crippen molar-refractivity contribution in [2.45, 2.75) is 0 Å². The average molecular weight is 139 g/mol. The van der Waals surface area contributed by atoms with Crippen molar-refractivity contribution < 1.29 is 0 Å². The number of rotatable bonds is 0. The second kappa shape index (κ2) is 2.22. The fourth-order valence-electron chi connectivity index (χ4n) is 0.100. The summed E-state index contributed by atoms with van der Waals surface area (Å²) in [6.07, 6.45) is 0. The second-order valence-electron chi connectivity index (χ2n) is 0.479. The van der Waals surface area contributed by atoms with E-state index in [4.69, 9.17) is 0 Å². The molecule has 0 saturated carbocycles. The minimum Gasteiger partial charge on any atom is -0.197 e. The molecule has 1 aromatic heterocycles. The highest BCUT2D eigenvalue weighted by molar-refractivity contribution is 8.31. The molecule has 5 heteroatoms. The highest BCUT2D eigenvalue weighted by atomic mass is 32.3. The van der Waals surface area contributed by atoms with Gasteiger partial charge in [0.25, 0.3) is 0 Å². The Labute approximate surface area is 36.4 Å². The highest BCUT2D eigenvalue weighted by Crippen LogP contribution is 2.35. The van der Waals surface area contributed by atoms with Crippen LogP contribution in [0.5, 0.6) is 0 Å². The van der Waals surface area contributed by atoms with Crippen molar-refractivity contribution in [3.05, 3.63) is 0 Å². The molecule has 5 heavy (non-hydrogen) atoms. The summed E-state index contributed by atoms with van der Waals surface area (Å²) in [5.74, 6) is 0. The van der Waals surface area contributed by atoms with Crippen LogP contribution in [0.2, 0.25) is 0 Å². The minimum atomic E-state index is 1.07. The van der Waals surface area contributed by atoms with E-state index in [0.29, 0.717) is 0 Å². The van der Waals surface area contributed by atoms with Crippen LogP contribution in [0.3, 0.4) is 0 Å². The molecule has 0 amide bonds. The van der Waals surface area contributed by atoms with Gasteiger partial charge in [-0.2, -0.15) is 4.51 Å². The summed E-state index contributed by atoms with van der Waals surface area (Å²) in [6.45, 7) is 0. The third-order valence-electron chi connectivity index (χ3n) is 0.219. The first-order valence-electron chi connectivity index (χ1n) is 1.05. The lowest BCUT2D eigenvalue weighted by molar-refractivity contribution is 1.93. The average Bonchev–Trinajstić information content (AvgIpc) is 1.76. The van der Waals surface area contributed by atoms with Crippen molar-refractivity contribution in [1.82, 2.24) is 4.51 Å². The lowest BCUT2D eigenvalue weighted by Gasteiger charge is -1.37. The lowest BCUT2D eigenvalue weighted by atomic mass is 13.9. The van der Waals surface area contributed by atoms with E-state index in [1.807, 2.05) is 0 Å². The van der Waals surface area contributed by atoms with Crippen LogP contribution in [-0.2, 0) is 0 Å². The van der Waals surface area contributed by atoms with Gasteiger partial charge in [-0.15, -0.1) is 0 Å². The van der Waals surface area contributed by atoms with E-state index in [9.17, 15) is 0 Å². The van der Waals surface area contributed by atoms with Crippen molar-refractivity contribution in [3.63, 3.8) is 0 Å². The summed E-state index contributed by atoms with van der Waals surface area (Å²) in [5, 5.41) is 0. The first-order chi connectivity index (χ1) is 2.50. The van der Waals surface area contributed by atoms with Crippen LogP contribution in [0, 0.1) is 0 Å². The molecule has 1 nitrogen and oxygen atoms in total. The zero-order chi connectivity index (χ0) is 3.54. The molecule has 1 unspecified atom stereocenters. The first-order valence-corrected chi connectivity index (χ1v) is 7.02. The standard InChI is InChI=1S/HNP4/c1-2-4-5-3-1/h4H. The Hall–Kier alpha value is 1.00. The Morgan fingerprint density at radius 1 is 1.60 bits per heavy atom. The minimum absolute atomic E-state index is 1.07. The largest absolute Gasteiger partial charge is 0.197 e. The topological polar surface area (TPSA) is 12.9 Å². The molecular formula is HNP4. The van der Waals surface area contributed by atoms with Crippen molar-refractivity contribution in [1.29, 1.82) is 0 Å². The molecular weight excluding hydrogens is 138 g/mol. The van der Waals surface area contributed by atoms with Crippen molar-refractivity contribution in [3.8, 4) is 0 Å². The van der Waals surface area contributed by atoms with Crippen molar-refractivity contribution in [2.75, 3.05) is 0 Å². The molecule has 0 aliphatic carbocycles. The fourth-order valence-corrected chi connectivity index (χ4v) is 8.10. The van der Waals surface area contributed by atoms with Gasteiger partial charge in [-0.25, -0.2) is 0 Å². The summed E-state index contributed by atoms with van der Waals surface area (Å²) < 4.78 is 4.03. The predicted octanol–water partition coefficient (Wildman–Crippen LogP) is 2.85. The van der Waals surface area contributed by atoms with Crippen LogP contribution in [0.25, 0.3) is 0 Å². The molecule has 0 radical (unpaired) electrons. The quantitative estimate of drug-likeness (QED) is 0.538. The van der Waals surface area contributed by atoms with Crippen LogP contribution >= 0.6 is 31.2 Å². The van der Waals surface area contributed by atoms with Gasteiger partial charge in [-0.3, -0.25) is 0 Å². The Morgan fingerprint density at radius 3 is 2.80 bits per heavy atom. The number of aromatic nitrogens is 1. The molecule has 1 atom stereocenters. The highest BCUT2D eigenvalue weighted by Gasteiger charge is 1.62. The van der Waals surface area contributed by atoms with Gasteiger partial charge in [0.15, 0.2) is 0 Å². The third-order valence-corrected chi connectivity index (χ3v) is 8.32. The van der Waals surface area contributed by atoms with Gasteiger partial charge in [0, 0.05) is 7.55 Å². The zero-order valence-electron chi connectivity index (χ0n) is 2.29. The lowest BCUT2D eigenvalue weighted by Crippen LogP contribution is -1.10. The Morgan fingerprint density at radius 2 is 2.60 bits per heavy atom. The smallest absolute Gasteiger partial charge is 0.0797 e. The summed E-state index contributed by atoms with van der Waals surface area (Å²) in [7, 11) is 5.19.